The van der Waals surface area contributed by atoms with Crippen LogP contribution in [0, 0.1) is 0 Å². The summed E-state index contributed by atoms with van der Waals surface area (Å²) >= 11 is 18.0. The molecule has 2 amide bonds. The monoisotopic (exact) mass is 354 g/mol. The van der Waals surface area contributed by atoms with Crippen LogP contribution in [0.25, 0.3) is 0 Å². The van der Waals surface area contributed by atoms with Gasteiger partial charge in [0.15, 0.2) is 0 Å². The normalized spacial score (nSPS) is 13.7. The Kier molecular flexibility index (Phi) is 4.48. The molecule has 0 radical (unpaired) electrons. The topological polar surface area (TPSA) is 32.3 Å². The molecule has 1 N–H and O–H groups in total. The third kappa shape index (κ3) is 3.17. The Labute approximate surface area is 143 Å². The molecule has 1 aliphatic heterocycles. The molecule has 0 aliphatic carbocycles. The molecule has 0 aromatic heterocycles. The number of hydrogen-bond donors (Lipinski definition) is 1. The third-order valence-corrected chi connectivity index (χ3v) is 4.76. The van der Waals surface area contributed by atoms with Gasteiger partial charge in [0.25, 0.3) is 0 Å². The molecule has 0 saturated heterocycles. The van der Waals surface area contributed by atoms with E-state index in [9.17, 15) is 4.79 Å². The maximum Gasteiger partial charge on any atom is 0.322 e. The zero-order valence-corrected chi connectivity index (χ0v) is 13.8. The van der Waals surface area contributed by atoms with Crippen LogP contribution in [0.5, 0.6) is 0 Å². The number of urea groups is 1. The quantitative estimate of drug-likeness (QED) is 0.745. The molecule has 0 spiro atoms. The fraction of sp³-hybridized carbons (Fsp3) is 0.188. The summed E-state index contributed by atoms with van der Waals surface area (Å²) in [7, 11) is 0. The smallest absolute Gasteiger partial charge is 0.320 e. The predicted octanol–water partition coefficient (Wildman–Crippen LogP) is 5.24. The van der Waals surface area contributed by atoms with Gasteiger partial charge in [0.1, 0.15) is 0 Å². The summed E-state index contributed by atoms with van der Waals surface area (Å²) in [6.07, 6.45) is 0.754. The largest absolute Gasteiger partial charge is 0.322 e. The molecular weight excluding hydrogens is 343 g/mol. The van der Waals surface area contributed by atoms with E-state index < -0.39 is 0 Å². The zero-order valence-electron chi connectivity index (χ0n) is 11.6. The van der Waals surface area contributed by atoms with Crippen molar-refractivity contribution < 1.29 is 4.79 Å². The number of amides is 2. The molecule has 0 saturated carbocycles. The van der Waals surface area contributed by atoms with Crippen LogP contribution in [0.3, 0.4) is 0 Å². The standard InChI is InChI=1S/C16H13Cl3N2O/c17-13-3-1-2-10-9-21(7-6-12(10)13)16(22)20-11-4-5-14(18)15(19)8-11/h1-5,8H,6-7,9H2,(H,20,22). The van der Waals surface area contributed by atoms with E-state index in [0.717, 1.165) is 22.6 Å². The van der Waals surface area contributed by atoms with E-state index in [0.29, 0.717) is 28.8 Å². The van der Waals surface area contributed by atoms with Crippen LogP contribution in [0.2, 0.25) is 15.1 Å². The van der Waals surface area contributed by atoms with Crippen molar-refractivity contribution in [2.24, 2.45) is 0 Å². The Bertz CT molecular complexity index is 733. The molecule has 2 aromatic carbocycles. The third-order valence-electron chi connectivity index (χ3n) is 3.67. The number of hydrogen-bond acceptors (Lipinski definition) is 1. The van der Waals surface area contributed by atoms with Crippen LogP contribution in [-0.4, -0.2) is 17.5 Å². The van der Waals surface area contributed by atoms with Gasteiger partial charge in [0.05, 0.1) is 10.0 Å². The molecule has 6 heteroatoms. The van der Waals surface area contributed by atoms with Crippen molar-refractivity contribution in [1.29, 1.82) is 0 Å². The fourth-order valence-electron chi connectivity index (χ4n) is 2.51. The van der Waals surface area contributed by atoms with E-state index in [2.05, 4.69) is 5.32 Å². The van der Waals surface area contributed by atoms with E-state index in [4.69, 9.17) is 34.8 Å². The van der Waals surface area contributed by atoms with Gasteiger partial charge in [-0.1, -0.05) is 46.9 Å². The number of carbonyl (C=O) groups is 1. The van der Waals surface area contributed by atoms with Gasteiger partial charge >= 0.3 is 6.03 Å². The second-order valence-corrected chi connectivity index (χ2v) is 6.33. The Morgan fingerprint density at radius 2 is 1.86 bits per heavy atom. The Hall–Kier alpha value is -1.42. The molecule has 0 atom stereocenters. The van der Waals surface area contributed by atoms with E-state index >= 15 is 0 Å². The number of carbonyl (C=O) groups excluding carboxylic acids is 1. The van der Waals surface area contributed by atoms with Crippen molar-refractivity contribution in [1.82, 2.24) is 4.90 Å². The molecule has 2 aromatic rings. The number of fused-ring (bicyclic) bond motifs is 1. The lowest BCUT2D eigenvalue weighted by molar-refractivity contribution is 0.206. The van der Waals surface area contributed by atoms with Crippen LogP contribution >= 0.6 is 34.8 Å². The minimum atomic E-state index is -0.163. The van der Waals surface area contributed by atoms with E-state index in [1.165, 1.54) is 0 Å². The first kappa shape index (κ1) is 15.5. The molecule has 114 valence electrons. The van der Waals surface area contributed by atoms with Gasteiger partial charge in [-0.05, 0) is 41.8 Å². The molecule has 1 heterocycles. The summed E-state index contributed by atoms with van der Waals surface area (Å²) in [6, 6.07) is 10.6. The lowest BCUT2D eigenvalue weighted by atomic mass is 10.00. The van der Waals surface area contributed by atoms with Gasteiger partial charge in [-0.15, -0.1) is 0 Å². The number of benzene rings is 2. The average molecular weight is 356 g/mol. The predicted molar refractivity (Wildman–Crippen MR) is 91.0 cm³/mol. The van der Waals surface area contributed by atoms with Gasteiger partial charge in [0.2, 0.25) is 0 Å². The van der Waals surface area contributed by atoms with Crippen molar-refractivity contribution >= 4 is 46.5 Å². The number of rotatable bonds is 1. The highest BCUT2D eigenvalue weighted by Gasteiger charge is 2.22. The second kappa shape index (κ2) is 6.37. The molecule has 0 fully saturated rings. The first-order valence-electron chi connectivity index (χ1n) is 6.82. The summed E-state index contributed by atoms with van der Waals surface area (Å²) in [5, 5.41) is 4.47. The number of anilines is 1. The molecule has 3 nitrogen and oxygen atoms in total. The van der Waals surface area contributed by atoms with Crippen molar-refractivity contribution in [3.8, 4) is 0 Å². The molecule has 3 rings (SSSR count). The molecule has 1 aliphatic rings. The van der Waals surface area contributed by atoms with Gasteiger partial charge in [0, 0.05) is 23.8 Å². The number of nitrogens with zero attached hydrogens (tertiary/aromatic N) is 1. The lowest BCUT2D eigenvalue weighted by Gasteiger charge is -2.29. The van der Waals surface area contributed by atoms with Crippen LogP contribution in [0.15, 0.2) is 36.4 Å². The molecule has 0 unspecified atom stereocenters. The SMILES string of the molecule is O=C(Nc1ccc(Cl)c(Cl)c1)N1CCc2c(Cl)cccc2C1. The van der Waals surface area contributed by atoms with Crippen LogP contribution in [0.1, 0.15) is 11.1 Å². The van der Waals surface area contributed by atoms with Crippen LogP contribution < -0.4 is 5.32 Å². The minimum absolute atomic E-state index is 0.163. The van der Waals surface area contributed by atoms with Crippen molar-refractivity contribution in [2.45, 2.75) is 13.0 Å². The van der Waals surface area contributed by atoms with E-state index in [1.807, 2.05) is 18.2 Å². The van der Waals surface area contributed by atoms with E-state index in [1.54, 1.807) is 23.1 Å². The Balaban J connectivity index is 1.72. The minimum Gasteiger partial charge on any atom is -0.320 e. The van der Waals surface area contributed by atoms with Crippen LogP contribution in [0.4, 0.5) is 10.5 Å². The van der Waals surface area contributed by atoms with Crippen molar-refractivity contribution in [3.05, 3.63) is 62.6 Å². The number of halogens is 3. The van der Waals surface area contributed by atoms with Gasteiger partial charge in [-0.25, -0.2) is 4.79 Å². The summed E-state index contributed by atoms with van der Waals surface area (Å²) in [5.74, 6) is 0. The fourth-order valence-corrected chi connectivity index (χ4v) is 3.10. The second-order valence-electron chi connectivity index (χ2n) is 5.11. The highest BCUT2D eigenvalue weighted by molar-refractivity contribution is 6.42. The summed E-state index contributed by atoms with van der Waals surface area (Å²) in [6.45, 7) is 1.17. The first-order valence-corrected chi connectivity index (χ1v) is 7.95. The maximum atomic E-state index is 12.4. The lowest BCUT2D eigenvalue weighted by Crippen LogP contribution is -2.38. The zero-order chi connectivity index (χ0) is 15.7. The Morgan fingerprint density at radius 1 is 1.05 bits per heavy atom. The van der Waals surface area contributed by atoms with Crippen molar-refractivity contribution in [2.75, 3.05) is 11.9 Å². The maximum absolute atomic E-state index is 12.4. The molecule has 0 bridgehead atoms. The summed E-state index contributed by atoms with van der Waals surface area (Å²) in [5.41, 5.74) is 2.84. The average Bonchev–Trinajstić information content (AvgIpc) is 2.51. The van der Waals surface area contributed by atoms with E-state index in [-0.39, 0.29) is 6.03 Å². The molecule has 22 heavy (non-hydrogen) atoms. The van der Waals surface area contributed by atoms with Gasteiger partial charge in [-0.2, -0.15) is 0 Å². The van der Waals surface area contributed by atoms with Crippen LogP contribution in [-0.2, 0) is 13.0 Å². The van der Waals surface area contributed by atoms with Crippen molar-refractivity contribution in [3.63, 3.8) is 0 Å². The summed E-state index contributed by atoms with van der Waals surface area (Å²) < 4.78 is 0. The van der Waals surface area contributed by atoms with Gasteiger partial charge < -0.3 is 10.2 Å². The highest BCUT2D eigenvalue weighted by Crippen LogP contribution is 2.27. The summed E-state index contributed by atoms with van der Waals surface area (Å²) in [4.78, 5) is 14.1. The highest BCUT2D eigenvalue weighted by atomic mass is 35.5. The Morgan fingerprint density at radius 3 is 2.64 bits per heavy atom. The van der Waals surface area contributed by atoms with Gasteiger partial charge in [-0.3, -0.25) is 0 Å². The first-order chi connectivity index (χ1) is 10.5. The molecular formula is C16H13Cl3N2O. The number of nitrogens with one attached hydrogen (secondary N) is 1.